The molecule has 0 unspecified atom stereocenters. The fraction of sp³-hybridized carbons (Fsp3) is 0.250. The molecule has 14 heavy (non-hydrogen) atoms. The lowest BCUT2D eigenvalue weighted by molar-refractivity contribution is 0.146. The van der Waals surface area contributed by atoms with Crippen molar-refractivity contribution >= 4 is 11.6 Å². The number of aliphatic hydroxyl groups excluding tert-OH is 1. The molecule has 0 fully saturated rings. The molecular formula is C8H5ClF2N2O. The van der Waals surface area contributed by atoms with Crippen molar-refractivity contribution in [1.29, 1.82) is 5.26 Å². The van der Waals surface area contributed by atoms with Gasteiger partial charge in [0.25, 0.3) is 6.43 Å². The molecule has 0 spiro atoms. The Morgan fingerprint density at radius 3 is 2.71 bits per heavy atom. The summed E-state index contributed by atoms with van der Waals surface area (Å²) >= 11 is 5.47. The second-order valence-electron chi connectivity index (χ2n) is 2.43. The molecule has 0 bridgehead atoms. The standard InChI is InChI=1S/C8H5ClF2N2O/c9-5-1-4(3-14)6(2-12)13-7(5)8(10)11/h1,8,14H,3H2. The maximum atomic E-state index is 12.3. The summed E-state index contributed by atoms with van der Waals surface area (Å²) in [5.41, 5.74) is -0.727. The lowest BCUT2D eigenvalue weighted by atomic mass is 10.2. The number of halogens is 3. The summed E-state index contributed by atoms with van der Waals surface area (Å²) in [6.07, 6.45) is -2.83. The van der Waals surface area contributed by atoms with Gasteiger partial charge in [0, 0.05) is 5.56 Å². The molecule has 1 N–H and O–H groups in total. The Kier molecular flexibility index (Phi) is 3.33. The molecule has 1 rings (SSSR count). The van der Waals surface area contributed by atoms with Gasteiger partial charge in [-0.3, -0.25) is 0 Å². The number of aliphatic hydroxyl groups is 1. The quantitative estimate of drug-likeness (QED) is 0.826. The highest BCUT2D eigenvalue weighted by Crippen LogP contribution is 2.26. The average molecular weight is 219 g/mol. The minimum atomic E-state index is -2.83. The Labute approximate surface area is 83.6 Å². The molecule has 0 atom stereocenters. The van der Waals surface area contributed by atoms with Gasteiger partial charge in [-0.25, -0.2) is 13.8 Å². The van der Waals surface area contributed by atoms with Crippen molar-refractivity contribution in [2.45, 2.75) is 13.0 Å². The first-order valence-electron chi connectivity index (χ1n) is 3.58. The van der Waals surface area contributed by atoms with E-state index in [2.05, 4.69) is 4.98 Å². The van der Waals surface area contributed by atoms with E-state index < -0.39 is 18.7 Å². The summed E-state index contributed by atoms with van der Waals surface area (Å²) in [4.78, 5) is 3.36. The largest absolute Gasteiger partial charge is 0.392 e. The minimum absolute atomic E-state index is 0.141. The van der Waals surface area contributed by atoms with Gasteiger partial charge in [0.1, 0.15) is 17.5 Å². The van der Waals surface area contributed by atoms with E-state index in [1.807, 2.05) is 0 Å². The third-order valence-corrected chi connectivity index (χ3v) is 1.87. The molecule has 1 aromatic heterocycles. The molecule has 0 saturated carbocycles. The SMILES string of the molecule is N#Cc1nc(C(F)F)c(Cl)cc1CO. The second-order valence-corrected chi connectivity index (χ2v) is 2.84. The summed E-state index contributed by atoms with van der Waals surface area (Å²) in [5.74, 6) is 0. The van der Waals surface area contributed by atoms with Gasteiger partial charge in [0.2, 0.25) is 0 Å². The summed E-state index contributed by atoms with van der Waals surface area (Å²) < 4.78 is 24.5. The summed E-state index contributed by atoms with van der Waals surface area (Å²) in [7, 11) is 0. The third kappa shape index (κ3) is 1.97. The first-order valence-corrected chi connectivity index (χ1v) is 3.96. The van der Waals surface area contributed by atoms with Crippen LogP contribution >= 0.6 is 11.6 Å². The van der Waals surface area contributed by atoms with E-state index in [0.717, 1.165) is 6.07 Å². The number of aromatic nitrogens is 1. The molecule has 6 heteroatoms. The Morgan fingerprint density at radius 1 is 1.64 bits per heavy atom. The fourth-order valence-corrected chi connectivity index (χ4v) is 1.17. The molecule has 0 aliphatic rings. The van der Waals surface area contributed by atoms with Crippen molar-refractivity contribution in [3.05, 3.63) is 28.0 Å². The highest BCUT2D eigenvalue weighted by atomic mass is 35.5. The zero-order valence-electron chi connectivity index (χ0n) is 6.84. The van der Waals surface area contributed by atoms with Crippen molar-refractivity contribution in [2.75, 3.05) is 0 Å². The molecule has 0 aliphatic carbocycles. The molecule has 0 amide bonds. The number of nitriles is 1. The Hall–Kier alpha value is -1.25. The highest BCUT2D eigenvalue weighted by molar-refractivity contribution is 6.31. The van der Waals surface area contributed by atoms with Gasteiger partial charge in [0.15, 0.2) is 0 Å². The second kappa shape index (κ2) is 4.31. The van der Waals surface area contributed by atoms with Crippen LogP contribution in [0.1, 0.15) is 23.4 Å². The van der Waals surface area contributed by atoms with Crippen LogP contribution in [-0.4, -0.2) is 10.1 Å². The van der Waals surface area contributed by atoms with Crippen molar-refractivity contribution in [1.82, 2.24) is 4.98 Å². The van der Waals surface area contributed by atoms with E-state index in [4.69, 9.17) is 22.0 Å². The smallest absolute Gasteiger partial charge is 0.281 e. The number of alkyl halides is 2. The Bertz CT molecular complexity index is 390. The number of pyridine rings is 1. The van der Waals surface area contributed by atoms with Crippen molar-refractivity contribution in [3.8, 4) is 6.07 Å². The molecule has 3 nitrogen and oxygen atoms in total. The van der Waals surface area contributed by atoms with Gasteiger partial charge in [-0.2, -0.15) is 5.26 Å². The topological polar surface area (TPSA) is 56.9 Å². The van der Waals surface area contributed by atoms with Gasteiger partial charge < -0.3 is 5.11 Å². The van der Waals surface area contributed by atoms with E-state index in [-0.39, 0.29) is 16.3 Å². The lowest BCUT2D eigenvalue weighted by Gasteiger charge is -2.05. The first-order chi connectivity index (χ1) is 6.60. The van der Waals surface area contributed by atoms with E-state index in [0.29, 0.717) is 0 Å². The normalized spacial score (nSPS) is 10.3. The van der Waals surface area contributed by atoms with Crippen LogP contribution in [0.4, 0.5) is 8.78 Å². The zero-order chi connectivity index (χ0) is 10.7. The van der Waals surface area contributed by atoms with E-state index in [9.17, 15) is 8.78 Å². The first kappa shape index (κ1) is 10.8. The summed E-state index contributed by atoms with van der Waals surface area (Å²) in [5, 5.41) is 17.1. The number of rotatable bonds is 2. The van der Waals surface area contributed by atoms with E-state index >= 15 is 0 Å². The molecule has 74 valence electrons. The molecule has 0 radical (unpaired) electrons. The van der Waals surface area contributed by atoms with Crippen LogP contribution in [0.25, 0.3) is 0 Å². The highest BCUT2D eigenvalue weighted by Gasteiger charge is 2.17. The van der Waals surface area contributed by atoms with Crippen molar-refractivity contribution in [2.24, 2.45) is 0 Å². The maximum absolute atomic E-state index is 12.3. The fourth-order valence-electron chi connectivity index (χ4n) is 0.911. The zero-order valence-corrected chi connectivity index (χ0v) is 7.59. The monoisotopic (exact) mass is 218 g/mol. The van der Waals surface area contributed by atoms with Crippen LogP contribution in [0.3, 0.4) is 0 Å². The van der Waals surface area contributed by atoms with Gasteiger partial charge in [-0.15, -0.1) is 0 Å². The van der Waals surface area contributed by atoms with E-state index in [1.165, 1.54) is 0 Å². The average Bonchev–Trinajstić information content (AvgIpc) is 2.16. The molecule has 0 saturated heterocycles. The molecule has 1 heterocycles. The van der Waals surface area contributed by atoms with Gasteiger partial charge in [0.05, 0.1) is 11.6 Å². The number of hydrogen-bond acceptors (Lipinski definition) is 3. The molecule has 0 aliphatic heterocycles. The van der Waals surface area contributed by atoms with Crippen LogP contribution in [0.2, 0.25) is 5.02 Å². The number of hydrogen-bond donors (Lipinski definition) is 1. The van der Waals surface area contributed by atoms with Crippen molar-refractivity contribution in [3.63, 3.8) is 0 Å². The summed E-state index contributed by atoms with van der Waals surface area (Å²) in [6.45, 7) is -0.459. The molecule has 0 aromatic carbocycles. The van der Waals surface area contributed by atoms with Crippen LogP contribution < -0.4 is 0 Å². The molecule has 1 aromatic rings. The van der Waals surface area contributed by atoms with Gasteiger partial charge in [-0.1, -0.05) is 11.6 Å². The maximum Gasteiger partial charge on any atom is 0.281 e. The van der Waals surface area contributed by atoms with Crippen LogP contribution in [0.5, 0.6) is 0 Å². The Morgan fingerprint density at radius 2 is 2.29 bits per heavy atom. The molecular weight excluding hydrogens is 214 g/mol. The van der Waals surface area contributed by atoms with Crippen LogP contribution in [0.15, 0.2) is 6.07 Å². The van der Waals surface area contributed by atoms with Crippen molar-refractivity contribution < 1.29 is 13.9 Å². The third-order valence-electron chi connectivity index (χ3n) is 1.57. The van der Waals surface area contributed by atoms with Crippen LogP contribution in [0, 0.1) is 11.3 Å². The lowest BCUT2D eigenvalue weighted by Crippen LogP contribution is -2.00. The summed E-state index contributed by atoms with van der Waals surface area (Å²) in [6, 6.07) is 2.73. The van der Waals surface area contributed by atoms with Gasteiger partial charge in [-0.05, 0) is 6.07 Å². The minimum Gasteiger partial charge on any atom is -0.392 e. The predicted molar refractivity (Wildman–Crippen MR) is 44.8 cm³/mol. The van der Waals surface area contributed by atoms with Crippen LogP contribution in [-0.2, 0) is 6.61 Å². The predicted octanol–water partition coefficient (Wildman–Crippen LogP) is 2.04. The Balaban J connectivity index is 3.32. The number of nitrogens with zero attached hydrogens (tertiary/aromatic N) is 2. The van der Waals surface area contributed by atoms with E-state index in [1.54, 1.807) is 6.07 Å². The van der Waals surface area contributed by atoms with Gasteiger partial charge >= 0.3 is 0 Å².